The predicted molar refractivity (Wildman–Crippen MR) is 229 cm³/mol. The molecule has 5 aliphatic heterocycles. The van der Waals surface area contributed by atoms with Gasteiger partial charge in [-0.15, -0.1) is 23.1 Å². The van der Waals surface area contributed by atoms with E-state index in [0.29, 0.717) is 60.5 Å². The molecule has 0 saturated carbocycles. The Balaban J connectivity index is 0.755. The normalized spacial score (nSPS) is 20.0. The molecule has 6 heterocycles. The molecule has 2 atom stereocenters. The molecule has 322 valence electrons. The molecule has 18 heteroatoms. The van der Waals surface area contributed by atoms with Crippen molar-refractivity contribution >= 4 is 69.4 Å². The van der Waals surface area contributed by atoms with Crippen LogP contribution in [0.25, 0.3) is 0 Å². The summed E-state index contributed by atoms with van der Waals surface area (Å²) in [7, 11) is 0. The Bertz CT molecular complexity index is 2440. The van der Waals surface area contributed by atoms with Crippen molar-refractivity contribution in [3.8, 4) is 5.75 Å². The van der Waals surface area contributed by atoms with E-state index in [9.17, 15) is 38.3 Å². The zero-order valence-electron chi connectivity index (χ0n) is 33.8. The first-order chi connectivity index (χ1) is 30.0. The molecular weight excluding hydrogens is 836 g/mol. The second kappa shape index (κ2) is 17.5. The molecule has 0 bridgehead atoms. The van der Waals surface area contributed by atoms with Gasteiger partial charge in [-0.1, -0.05) is 12.1 Å². The fourth-order valence-corrected chi connectivity index (χ4v) is 10.8. The van der Waals surface area contributed by atoms with E-state index in [-0.39, 0.29) is 47.9 Å². The molecule has 0 aliphatic carbocycles. The Labute approximate surface area is 365 Å². The summed E-state index contributed by atoms with van der Waals surface area (Å²) in [5.74, 6) is -2.24. The lowest BCUT2D eigenvalue weighted by atomic mass is 10.0. The minimum Gasteiger partial charge on any atom is -0.508 e. The zero-order valence-corrected chi connectivity index (χ0v) is 35.4. The Morgan fingerprint density at radius 3 is 2.50 bits per heavy atom. The molecular formula is C44H45FN8O7S2. The molecule has 15 nitrogen and oxygen atoms in total. The average Bonchev–Trinajstić information content (AvgIpc) is 4.00. The number of rotatable bonds is 11. The zero-order chi connectivity index (χ0) is 43.1. The van der Waals surface area contributed by atoms with E-state index in [1.807, 2.05) is 35.2 Å². The Morgan fingerprint density at radius 2 is 1.74 bits per heavy atom. The van der Waals surface area contributed by atoms with Crippen LogP contribution in [-0.4, -0.2) is 122 Å². The molecule has 62 heavy (non-hydrogen) atoms. The lowest BCUT2D eigenvalue weighted by Gasteiger charge is -2.43. The van der Waals surface area contributed by atoms with E-state index in [1.165, 1.54) is 28.5 Å². The summed E-state index contributed by atoms with van der Waals surface area (Å²) in [5.41, 5.74) is 3.51. The third-order valence-corrected chi connectivity index (χ3v) is 14.3. The molecule has 0 radical (unpaired) electrons. The number of benzene rings is 3. The van der Waals surface area contributed by atoms with E-state index >= 15 is 0 Å². The van der Waals surface area contributed by atoms with Gasteiger partial charge in [-0.05, 0) is 72.9 Å². The summed E-state index contributed by atoms with van der Waals surface area (Å²) in [6, 6.07) is 13.0. The van der Waals surface area contributed by atoms with Crippen molar-refractivity contribution in [2.45, 2.75) is 68.2 Å². The summed E-state index contributed by atoms with van der Waals surface area (Å²) in [6.07, 6.45) is 4.25. The number of nitrogens with zero attached hydrogens (tertiary/aromatic N) is 6. The average molecular weight is 881 g/mol. The highest BCUT2D eigenvalue weighted by molar-refractivity contribution is 7.99. The number of piperazine rings is 1. The van der Waals surface area contributed by atoms with Crippen LogP contribution in [0.15, 0.2) is 71.1 Å². The van der Waals surface area contributed by atoms with E-state index in [2.05, 4.69) is 25.4 Å². The maximum absolute atomic E-state index is 14.4. The molecule has 2 unspecified atom stereocenters. The van der Waals surface area contributed by atoms with Crippen molar-refractivity contribution in [2.24, 2.45) is 0 Å². The smallest absolute Gasteiger partial charge is 0.255 e. The number of nitrogens with one attached hydrogen (secondary N) is 2. The van der Waals surface area contributed by atoms with Crippen LogP contribution in [-0.2, 0) is 32.3 Å². The van der Waals surface area contributed by atoms with Gasteiger partial charge in [0.25, 0.3) is 17.7 Å². The van der Waals surface area contributed by atoms with Gasteiger partial charge in [-0.2, -0.15) is 0 Å². The van der Waals surface area contributed by atoms with Gasteiger partial charge in [-0.25, -0.2) is 9.37 Å². The van der Waals surface area contributed by atoms with Crippen molar-refractivity contribution in [2.75, 3.05) is 55.2 Å². The lowest BCUT2D eigenvalue weighted by Crippen LogP contribution is -2.54. The van der Waals surface area contributed by atoms with Crippen LogP contribution in [0.5, 0.6) is 5.75 Å². The van der Waals surface area contributed by atoms with Crippen molar-refractivity contribution < 1.29 is 38.3 Å². The van der Waals surface area contributed by atoms with E-state index < -0.39 is 29.7 Å². The first-order valence-electron chi connectivity index (χ1n) is 20.8. The molecule has 6 amide bonds. The fourth-order valence-electron chi connectivity index (χ4n) is 9.30. The number of piperidine rings is 2. The molecule has 3 aromatic carbocycles. The van der Waals surface area contributed by atoms with E-state index in [1.54, 1.807) is 28.1 Å². The third-order valence-electron chi connectivity index (χ3n) is 12.6. The highest BCUT2D eigenvalue weighted by atomic mass is 32.2. The van der Waals surface area contributed by atoms with Gasteiger partial charge in [0, 0.05) is 116 Å². The molecule has 9 rings (SSSR count). The number of halogens is 1. The van der Waals surface area contributed by atoms with E-state index in [0.717, 1.165) is 72.9 Å². The number of carbonyl (C=O) groups excluding carboxylic acids is 6. The number of phenolic OH excluding ortho intramolecular Hbond substituents is 1. The predicted octanol–water partition coefficient (Wildman–Crippen LogP) is 4.38. The number of aromatic hydroxyl groups is 1. The van der Waals surface area contributed by atoms with Gasteiger partial charge in [-0.3, -0.25) is 44.3 Å². The number of amides is 6. The number of fused-ring (bicyclic) bond motifs is 2. The van der Waals surface area contributed by atoms with Gasteiger partial charge in [0.05, 0.1) is 0 Å². The van der Waals surface area contributed by atoms with Crippen molar-refractivity contribution in [1.82, 2.24) is 29.9 Å². The Morgan fingerprint density at radius 1 is 0.935 bits per heavy atom. The highest BCUT2D eigenvalue weighted by Crippen LogP contribution is 2.39. The van der Waals surface area contributed by atoms with Crippen LogP contribution in [0.1, 0.15) is 75.6 Å². The number of aromatic nitrogens is 1. The number of thiazole rings is 1. The fraction of sp³-hybridized carbons (Fsp3) is 0.386. The number of hydrogen-bond acceptors (Lipinski definition) is 12. The van der Waals surface area contributed by atoms with Gasteiger partial charge in [0.15, 0.2) is 5.13 Å². The number of phenols is 1. The highest BCUT2D eigenvalue weighted by Gasteiger charge is 2.41. The molecule has 1 aromatic heterocycles. The second-order valence-electron chi connectivity index (χ2n) is 16.1. The quantitative estimate of drug-likeness (QED) is 0.144. The van der Waals surface area contributed by atoms with Gasteiger partial charge in [0.2, 0.25) is 17.7 Å². The van der Waals surface area contributed by atoms with Crippen LogP contribution < -0.4 is 15.5 Å². The monoisotopic (exact) mass is 880 g/mol. The molecule has 0 spiro atoms. The minimum atomic E-state index is -1.30. The summed E-state index contributed by atoms with van der Waals surface area (Å²) in [5, 5.41) is 17.8. The summed E-state index contributed by atoms with van der Waals surface area (Å²) in [6.45, 7) is 4.86. The molecule has 4 aromatic rings. The van der Waals surface area contributed by atoms with Crippen LogP contribution in [0.4, 0.5) is 15.2 Å². The van der Waals surface area contributed by atoms with Crippen molar-refractivity contribution in [1.29, 1.82) is 0 Å². The van der Waals surface area contributed by atoms with Crippen LogP contribution in [0.2, 0.25) is 0 Å². The Kier molecular flexibility index (Phi) is 11.7. The topological polar surface area (TPSA) is 176 Å². The van der Waals surface area contributed by atoms with Crippen LogP contribution >= 0.6 is 23.1 Å². The Hall–Kier alpha value is -5.85. The number of hydrogen-bond donors (Lipinski definition) is 3. The van der Waals surface area contributed by atoms with E-state index in [4.69, 9.17) is 0 Å². The van der Waals surface area contributed by atoms with Crippen LogP contribution in [0, 0.1) is 5.82 Å². The second-order valence-corrected chi connectivity index (χ2v) is 18.2. The maximum atomic E-state index is 14.4. The number of thioether (sulfide) groups is 1. The first-order valence-corrected chi connectivity index (χ1v) is 22.7. The SMILES string of the molecule is O=C1CCC(N2Cc3c(SCCC(=O)N4CCN(C5CCN(c6ccc7c(c6)C(=O)N(C(C(=O)Nc6nccs6)c6cc(F)ccc6O)C7)CC5)CC4)cccc3C2=O)C(=O)N1. The summed E-state index contributed by atoms with van der Waals surface area (Å²) in [4.78, 5) is 92.9. The molecule has 3 fully saturated rings. The molecule has 3 saturated heterocycles. The molecule has 3 N–H and O–H groups in total. The third kappa shape index (κ3) is 8.25. The largest absolute Gasteiger partial charge is 0.508 e. The number of carbonyl (C=O) groups is 6. The van der Waals surface area contributed by atoms with Gasteiger partial charge in [0.1, 0.15) is 23.7 Å². The van der Waals surface area contributed by atoms with Crippen LogP contribution in [0.3, 0.4) is 0 Å². The summed E-state index contributed by atoms with van der Waals surface area (Å²) >= 11 is 2.75. The van der Waals surface area contributed by atoms with Gasteiger partial charge < -0.3 is 24.7 Å². The molecule has 5 aliphatic rings. The number of anilines is 2. The van der Waals surface area contributed by atoms with Crippen molar-refractivity contribution in [3.05, 3.63) is 99.8 Å². The first kappa shape index (κ1) is 41.5. The maximum Gasteiger partial charge on any atom is 0.255 e. The lowest BCUT2D eigenvalue weighted by molar-refractivity contribution is -0.137. The van der Waals surface area contributed by atoms with Gasteiger partial charge >= 0.3 is 0 Å². The minimum absolute atomic E-state index is 0.0139. The number of imide groups is 1. The van der Waals surface area contributed by atoms with Crippen molar-refractivity contribution in [3.63, 3.8) is 0 Å². The summed E-state index contributed by atoms with van der Waals surface area (Å²) < 4.78 is 14.4. The standard InChI is InChI=1S/C44H45FN8O7S2/c45-27-5-8-35(54)32(22-27)39(41(58)48-44-46-13-21-62-44)53-24-26-4-6-29(23-31(26)43(53)60)49-14-10-28(11-15-49)50-16-18-51(19-17-50)38(56)12-20-61-36-3-1-2-30-33(36)25-52(42(30)59)34-7-9-37(55)47-40(34)57/h1-6,8,13,21-23,28,34,39,54H,7,9-12,14-20,24-25H2,(H,46,48,58)(H,47,55,57).